The molecule has 2 aromatic carbocycles. The van der Waals surface area contributed by atoms with Crippen LogP contribution in [0.1, 0.15) is 79.1 Å². The molecule has 1 aliphatic carbocycles. The Bertz CT molecular complexity index is 1440. The van der Waals surface area contributed by atoms with Crippen molar-refractivity contribution < 1.29 is 18.8 Å². The minimum absolute atomic E-state index is 0.103. The number of unbranched alkanes of at least 4 members (excludes halogenated alkanes) is 1. The number of aryl methyl sites for hydroxylation is 1. The van der Waals surface area contributed by atoms with Crippen molar-refractivity contribution in [3.05, 3.63) is 64.9 Å². The first kappa shape index (κ1) is 28.0. The van der Waals surface area contributed by atoms with Crippen LogP contribution < -0.4 is 4.72 Å². The summed E-state index contributed by atoms with van der Waals surface area (Å²) in [5.74, 6) is 1.98. The van der Waals surface area contributed by atoms with Crippen molar-refractivity contribution in [1.29, 1.82) is 0 Å². The van der Waals surface area contributed by atoms with Gasteiger partial charge in [-0.2, -0.15) is 0 Å². The second-order valence-corrected chi connectivity index (χ2v) is 11.4. The van der Waals surface area contributed by atoms with Gasteiger partial charge in [0, 0.05) is 16.9 Å². The number of amides is 1. The van der Waals surface area contributed by atoms with Crippen LogP contribution in [0.15, 0.2) is 56.9 Å². The summed E-state index contributed by atoms with van der Waals surface area (Å²) in [5, 5.41) is 4.09. The minimum Gasteiger partial charge on any atom is -0.465 e. The maximum absolute atomic E-state index is 13.6. The highest BCUT2D eigenvalue weighted by Gasteiger charge is 2.49. The Morgan fingerprint density at radius 3 is 2.62 bits per heavy atom. The van der Waals surface area contributed by atoms with E-state index in [0.29, 0.717) is 17.9 Å². The quantitative estimate of drug-likeness (QED) is 0.208. The fourth-order valence-corrected chi connectivity index (χ4v) is 6.31. The van der Waals surface area contributed by atoms with Crippen molar-refractivity contribution in [2.75, 3.05) is 11.8 Å². The molecule has 1 aromatic heterocycles. The molecule has 40 heavy (non-hydrogen) atoms. The Morgan fingerprint density at radius 1 is 1.15 bits per heavy atom. The van der Waals surface area contributed by atoms with Gasteiger partial charge in [0.25, 0.3) is 5.91 Å². The molecule has 2 heterocycles. The van der Waals surface area contributed by atoms with Gasteiger partial charge >= 0.3 is 5.97 Å². The number of benzene rings is 2. The van der Waals surface area contributed by atoms with E-state index in [1.54, 1.807) is 0 Å². The smallest absolute Gasteiger partial charge is 0.338 e. The van der Waals surface area contributed by atoms with Gasteiger partial charge in [-0.3, -0.25) is 14.7 Å². The van der Waals surface area contributed by atoms with Crippen LogP contribution >= 0.6 is 11.9 Å². The van der Waals surface area contributed by atoms with Gasteiger partial charge in [-0.25, -0.2) is 4.79 Å². The maximum Gasteiger partial charge on any atom is 0.338 e. The Hall–Kier alpha value is -3.59. The predicted molar refractivity (Wildman–Crippen MR) is 157 cm³/mol. The molecule has 3 aromatic rings. The van der Waals surface area contributed by atoms with Gasteiger partial charge in [-0.1, -0.05) is 61.7 Å². The van der Waals surface area contributed by atoms with E-state index < -0.39 is 11.5 Å². The van der Waals surface area contributed by atoms with E-state index in [4.69, 9.17) is 14.3 Å². The van der Waals surface area contributed by atoms with Gasteiger partial charge in [0.15, 0.2) is 5.82 Å². The van der Waals surface area contributed by atoms with Gasteiger partial charge in [0.2, 0.25) is 0 Å². The number of nitrogens with one attached hydrogen (secondary N) is 1. The lowest BCUT2D eigenvalue weighted by Gasteiger charge is -2.23. The molecule has 8 nitrogen and oxygen atoms in total. The molecule has 1 aliphatic heterocycles. The molecule has 0 saturated heterocycles. The van der Waals surface area contributed by atoms with Crippen molar-refractivity contribution in [1.82, 2.24) is 10.1 Å². The number of amidine groups is 1. The molecule has 1 amide bonds. The number of nitrogens with zero attached hydrogens (tertiary/aromatic N) is 3. The molecule has 210 valence electrons. The first-order valence-corrected chi connectivity index (χ1v) is 14.8. The highest BCUT2D eigenvalue weighted by atomic mass is 32.2. The largest absolute Gasteiger partial charge is 0.465 e. The number of hydrogen-bond acceptors (Lipinski definition) is 8. The summed E-state index contributed by atoms with van der Waals surface area (Å²) in [4.78, 5) is 34.4. The third-order valence-electron chi connectivity index (χ3n) is 7.90. The number of ether oxygens (including phenoxy) is 1. The molecule has 1 saturated carbocycles. The Labute approximate surface area is 239 Å². The van der Waals surface area contributed by atoms with Crippen molar-refractivity contribution in [2.45, 2.75) is 82.7 Å². The highest BCUT2D eigenvalue weighted by molar-refractivity contribution is 8.00. The fraction of sp³-hybridized carbons (Fsp3) is 0.419. The molecule has 0 radical (unpaired) electrons. The van der Waals surface area contributed by atoms with Crippen LogP contribution in [0.3, 0.4) is 0 Å². The van der Waals surface area contributed by atoms with Gasteiger partial charge in [0.1, 0.15) is 17.1 Å². The Morgan fingerprint density at radius 2 is 1.93 bits per heavy atom. The standard InChI is InChI=1S/C31H36N4O4S/c1-5-6-13-27-32-31(16-9-10-17-31)30(37)35(27)19-22-14-15-23(25(18-22)29(36)38-4)24-11-7-8-12-26(24)40-34-28-20(2)21(3)39-33-28/h7-8,11-12,14-15,18H,5-6,9-10,13,16-17,19H2,1-4H3,(H,33,34). The molecule has 0 unspecified atom stereocenters. The van der Waals surface area contributed by atoms with Gasteiger partial charge in [-0.15, -0.1) is 0 Å². The monoisotopic (exact) mass is 560 g/mol. The van der Waals surface area contributed by atoms with Crippen molar-refractivity contribution in [3.63, 3.8) is 0 Å². The van der Waals surface area contributed by atoms with E-state index in [1.165, 1.54) is 19.1 Å². The number of carbonyl (C=O) groups is 2. The van der Waals surface area contributed by atoms with Crippen molar-refractivity contribution in [3.8, 4) is 11.1 Å². The number of rotatable bonds is 10. The summed E-state index contributed by atoms with van der Waals surface area (Å²) < 4.78 is 13.7. The number of carbonyl (C=O) groups excluding carboxylic acids is 2. The first-order valence-electron chi connectivity index (χ1n) is 13.9. The normalized spacial score (nSPS) is 16.1. The molecule has 1 N–H and O–H groups in total. The second-order valence-electron chi connectivity index (χ2n) is 10.5. The summed E-state index contributed by atoms with van der Waals surface area (Å²) >= 11 is 1.41. The summed E-state index contributed by atoms with van der Waals surface area (Å²) in [5.41, 5.74) is 3.33. The van der Waals surface area contributed by atoms with Gasteiger partial charge < -0.3 is 14.0 Å². The lowest BCUT2D eigenvalue weighted by atomic mass is 9.96. The van der Waals surface area contributed by atoms with Crippen molar-refractivity contribution >= 4 is 35.5 Å². The predicted octanol–water partition coefficient (Wildman–Crippen LogP) is 7.11. The number of aromatic nitrogens is 1. The number of hydrogen-bond donors (Lipinski definition) is 1. The minimum atomic E-state index is -0.585. The topological polar surface area (TPSA) is 97.0 Å². The third-order valence-corrected chi connectivity index (χ3v) is 8.78. The van der Waals surface area contributed by atoms with E-state index in [2.05, 4.69) is 16.8 Å². The first-order chi connectivity index (χ1) is 19.4. The lowest BCUT2D eigenvalue weighted by molar-refractivity contribution is -0.131. The van der Waals surface area contributed by atoms with Crippen molar-refractivity contribution in [2.24, 2.45) is 4.99 Å². The fourth-order valence-electron chi connectivity index (χ4n) is 5.48. The molecule has 1 fully saturated rings. The average Bonchev–Trinajstić information content (AvgIpc) is 3.65. The van der Waals surface area contributed by atoms with E-state index in [1.807, 2.05) is 61.2 Å². The summed E-state index contributed by atoms with van der Waals surface area (Å²) in [6.07, 6.45) is 6.52. The van der Waals surface area contributed by atoms with Gasteiger partial charge in [-0.05, 0) is 73.9 Å². The number of methoxy groups -OCH3 is 1. The number of aliphatic imine (C=N–C) groups is 1. The number of anilines is 1. The summed E-state index contributed by atoms with van der Waals surface area (Å²) in [6, 6.07) is 13.7. The Kier molecular flexibility index (Phi) is 8.30. The SMILES string of the molecule is CCCCC1=NC2(CCCC2)C(=O)N1Cc1ccc(-c2ccccc2SNc2noc(C)c2C)c(C(=O)OC)c1. The van der Waals surface area contributed by atoms with Crippen LogP contribution in [0, 0.1) is 13.8 Å². The summed E-state index contributed by atoms with van der Waals surface area (Å²) in [7, 11) is 1.39. The molecule has 9 heteroatoms. The van der Waals surface area contributed by atoms with Crippen LogP contribution in [0.2, 0.25) is 0 Å². The van der Waals surface area contributed by atoms with E-state index in [0.717, 1.165) is 83.7 Å². The molecular formula is C31H36N4O4S. The maximum atomic E-state index is 13.6. The zero-order valence-electron chi connectivity index (χ0n) is 23.6. The van der Waals surface area contributed by atoms with Crippen LogP contribution in [0.4, 0.5) is 5.82 Å². The molecule has 0 atom stereocenters. The lowest BCUT2D eigenvalue weighted by Crippen LogP contribution is -2.40. The molecule has 2 aliphatic rings. The third kappa shape index (κ3) is 5.39. The zero-order valence-corrected chi connectivity index (χ0v) is 24.4. The molecule has 0 bridgehead atoms. The van der Waals surface area contributed by atoms with E-state index in [-0.39, 0.29) is 5.91 Å². The average molecular weight is 561 g/mol. The molecular weight excluding hydrogens is 524 g/mol. The summed E-state index contributed by atoms with van der Waals surface area (Å²) in [6.45, 7) is 6.36. The van der Waals surface area contributed by atoms with E-state index in [9.17, 15) is 9.59 Å². The Balaban J connectivity index is 1.44. The van der Waals surface area contributed by atoms with E-state index >= 15 is 0 Å². The van der Waals surface area contributed by atoms with Crippen LogP contribution in [-0.4, -0.2) is 40.4 Å². The number of esters is 1. The molecule has 1 spiro atoms. The van der Waals surface area contributed by atoms with Gasteiger partial charge in [0.05, 0.1) is 19.2 Å². The molecule has 5 rings (SSSR count). The second kappa shape index (κ2) is 11.9. The van der Waals surface area contributed by atoms with Crippen LogP contribution in [0.25, 0.3) is 11.1 Å². The van der Waals surface area contributed by atoms with Crippen LogP contribution in [-0.2, 0) is 16.1 Å². The van der Waals surface area contributed by atoms with Crippen LogP contribution in [0.5, 0.6) is 0 Å². The highest BCUT2D eigenvalue weighted by Crippen LogP contribution is 2.41. The zero-order chi connectivity index (χ0) is 28.3.